The number of carbonyl (C=O) groups is 2. The molecule has 0 spiro atoms. The number of pyridine rings is 2. The van der Waals surface area contributed by atoms with Crippen LogP contribution in [0.2, 0.25) is 0 Å². The number of hydrogen-bond acceptors (Lipinski definition) is 5. The van der Waals surface area contributed by atoms with Crippen LogP contribution in [0.5, 0.6) is 5.88 Å². The number of carbonyl (C=O) groups excluding carboxylic acids is 2. The van der Waals surface area contributed by atoms with Gasteiger partial charge in [0.25, 0.3) is 5.91 Å². The van der Waals surface area contributed by atoms with Crippen LogP contribution in [-0.4, -0.2) is 39.5 Å². The lowest BCUT2D eigenvalue weighted by Gasteiger charge is -2.17. The van der Waals surface area contributed by atoms with Gasteiger partial charge >= 0.3 is 6.18 Å². The molecule has 148 valence electrons. The lowest BCUT2D eigenvalue weighted by Crippen LogP contribution is -2.23. The van der Waals surface area contributed by atoms with Gasteiger partial charge in [-0.2, -0.15) is 13.2 Å². The first-order valence-electron chi connectivity index (χ1n) is 8.34. The van der Waals surface area contributed by atoms with E-state index in [4.69, 9.17) is 0 Å². The van der Waals surface area contributed by atoms with E-state index in [0.29, 0.717) is 28.1 Å². The third kappa shape index (κ3) is 4.38. The molecule has 1 N–H and O–H groups in total. The number of aryl methyl sites for hydroxylation is 1. The molecule has 0 aliphatic carbocycles. The number of aromatic nitrogens is 2. The second-order valence-corrected chi connectivity index (χ2v) is 6.40. The van der Waals surface area contributed by atoms with E-state index in [-0.39, 0.29) is 30.8 Å². The smallest absolute Gasteiger partial charge is 0.422 e. The molecule has 0 unspecified atom stereocenters. The molecule has 3 rings (SSSR count). The van der Waals surface area contributed by atoms with E-state index >= 15 is 0 Å². The number of rotatable bonds is 5. The highest BCUT2D eigenvalue weighted by Gasteiger charge is 2.31. The molecule has 10 heteroatoms. The Morgan fingerprint density at radius 2 is 2.11 bits per heavy atom. The summed E-state index contributed by atoms with van der Waals surface area (Å²) >= 11 is 0. The van der Waals surface area contributed by atoms with E-state index in [1.807, 2.05) is 0 Å². The molecule has 1 aliphatic rings. The molecular weight excluding hydrogens is 377 g/mol. The highest BCUT2D eigenvalue weighted by atomic mass is 19.4. The van der Waals surface area contributed by atoms with Crippen molar-refractivity contribution in [2.45, 2.75) is 33.1 Å². The van der Waals surface area contributed by atoms with Gasteiger partial charge in [0.15, 0.2) is 6.61 Å². The minimum atomic E-state index is -4.44. The van der Waals surface area contributed by atoms with Gasteiger partial charge in [-0.05, 0) is 24.6 Å². The van der Waals surface area contributed by atoms with Gasteiger partial charge in [0, 0.05) is 42.6 Å². The number of anilines is 1. The molecular formula is C18H17F3N4O3. The third-order valence-corrected chi connectivity index (χ3v) is 4.05. The summed E-state index contributed by atoms with van der Waals surface area (Å²) in [4.78, 5) is 33.5. The Balaban J connectivity index is 1.73. The standard InChI is InChI=1S/C18H17F3N4O3/c1-10-5-12(6-23-16(10)28-9-18(19,20)21)7-25-8-14-13(17(25)27)3-4-22-15(14)24-11(2)26/h3-6H,7-9H2,1-2H3,(H,22,24,26). The van der Waals surface area contributed by atoms with Crippen molar-refractivity contribution in [1.82, 2.24) is 14.9 Å². The fourth-order valence-electron chi connectivity index (χ4n) is 2.92. The first kappa shape index (κ1) is 19.6. The zero-order chi connectivity index (χ0) is 20.5. The highest BCUT2D eigenvalue weighted by molar-refractivity contribution is 6.01. The van der Waals surface area contributed by atoms with Crippen molar-refractivity contribution in [1.29, 1.82) is 0 Å². The average Bonchev–Trinajstić information content (AvgIpc) is 2.90. The minimum absolute atomic E-state index is 0.103. The molecule has 1 aliphatic heterocycles. The Morgan fingerprint density at radius 3 is 2.75 bits per heavy atom. The van der Waals surface area contributed by atoms with Gasteiger partial charge in [-0.1, -0.05) is 0 Å². The van der Waals surface area contributed by atoms with Crippen LogP contribution in [0.15, 0.2) is 24.5 Å². The van der Waals surface area contributed by atoms with Gasteiger partial charge in [0.05, 0.1) is 6.54 Å². The Kier molecular flexibility index (Phi) is 5.21. The molecule has 2 aromatic heterocycles. The summed E-state index contributed by atoms with van der Waals surface area (Å²) in [6.07, 6.45) is -1.62. The van der Waals surface area contributed by atoms with Gasteiger partial charge in [0.2, 0.25) is 11.8 Å². The number of ether oxygens (including phenoxy) is 1. The number of halogens is 3. The van der Waals surface area contributed by atoms with Crippen molar-refractivity contribution in [3.05, 3.63) is 46.8 Å². The molecule has 7 nitrogen and oxygen atoms in total. The molecule has 0 radical (unpaired) electrons. The molecule has 0 fully saturated rings. The van der Waals surface area contributed by atoms with Crippen molar-refractivity contribution in [2.75, 3.05) is 11.9 Å². The van der Waals surface area contributed by atoms with Crippen molar-refractivity contribution >= 4 is 17.6 Å². The second kappa shape index (κ2) is 7.45. The van der Waals surface area contributed by atoms with Crippen LogP contribution in [-0.2, 0) is 17.9 Å². The summed E-state index contributed by atoms with van der Waals surface area (Å²) in [5, 5.41) is 2.60. The number of nitrogens with zero attached hydrogens (tertiary/aromatic N) is 3. The maximum atomic E-state index is 12.6. The predicted molar refractivity (Wildman–Crippen MR) is 92.6 cm³/mol. The van der Waals surface area contributed by atoms with Crippen molar-refractivity contribution in [3.8, 4) is 5.88 Å². The highest BCUT2D eigenvalue weighted by Crippen LogP contribution is 2.29. The minimum Gasteiger partial charge on any atom is -0.468 e. The molecule has 0 bridgehead atoms. The van der Waals surface area contributed by atoms with E-state index in [1.54, 1.807) is 24.0 Å². The van der Waals surface area contributed by atoms with Gasteiger partial charge in [-0.3, -0.25) is 9.59 Å². The normalized spacial score (nSPS) is 13.5. The molecule has 0 saturated heterocycles. The van der Waals surface area contributed by atoms with Crippen LogP contribution in [0.1, 0.15) is 34.0 Å². The van der Waals surface area contributed by atoms with Crippen LogP contribution in [0.25, 0.3) is 0 Å². The molecule has 0 atom stereocenters. The molecule has 3 heterocycles. The van der Waals surface area contributed by atoms with E-state index in [0.717, 1.165) is 0 Å². The lowest BCUT2D eigenvalue weighted by atomic mass is 10.1. The van der Waals surface area contributed by atoms with Crippen LogP contribution in [0.3, 0.4) is 0 Å². The second-order valence-electron chi connectivity index (χ2n) is 6.40. The van der Waals surface area contributed by atoms with Crippen LogP contribution in [0.4, 0.5) is 19.0 Å². The molecule has 28 heavy (non-hydrogen) atoms. The lowest BCUT2D eigenvalue weighted by molar-refractivity contribution is -0.154. The number of alkyl halides is 3. The summed E-state index contributed by atoms with van der Waals surface area (Å²) in [5.41, 5.74) is 2.16. The summed E-state index contributed by atoms with van der Waals surface area (Å²) < 4.78 is 41.5. The summed E-state index contributed by atoms with van der Waals surface area (Å²) in [6.45, 7) is 1.98. The fourth-order valence-corrected chi connectivity index (χ4v) is 2.92. The summed E-state index contributed by atoms with van der Waals surface area (Å²) in [5.74, 6) is -0.277. The summed E-state index contributed by atoms with van der Waals surface area (Å²) in [7, 11) is 0. The van der Waals surface area contributed by atoms with Crippen molar-refractivity contribution in [3.63, 3.8) is 0 Å². The van der Waals surface area contributed by atoms with E-state index in [9.17, 15) is 22.8 Å². The number of hydrogen-bond donors (Lipinski definition) is 1. The van der Waals surface area contributed by atoms with Crippen LogP contribution >= 0.6 is 0 Å². The number of amides is 2. The topological polar surface area (TPSA) is 84.4 Å². The van der Waals surface area contributed by atoms with E-state index in [2.05, 4.69) is 20.0 Å². The first-order valence-corrected chi connectivity index (χ1v) is 8.34. The van der Waals surface area contributed by atoms with Crippen LogP contribution in [0, 0.1) is 6.92 Å². The third-order valence-electron chi connectivity index (χ3n) is 4.05. The summed E-state index contributed by atoms with van der Waals surface area (Å²) in [6, 6.07) is 3.21. The molecule has 2 amide bonds. The predicted octanol–water partition coefficient (Wildman–Crippen LogP) is 2.84. The van der Waals surface area contributed by atoms with Gasteiger partial charge in [-0.25, -0.2) is 9.97 Å². The van der Waals surface area contributed by atoms with E-state index < -0.39 is 12.8 Å². The Labute approximate surface area is 158 Å². The Bertz CT molecular complexity index is 931. The molecule has 0 saturated carbocycles. The number of fused-ring (bicyclic) bond motifs is 1. The quantitative estimate of drug-likeness (QED) is 0.843. The fraction of sp³-hybridized carbons (Fsp3) is 0.333. The largest absolute Gasteiger partial charge is 0.468 e. The van der Waals surface area contributed by atoms with E-state index in [1.165, 1.54) is 19.3 Å². The van der Waals surface area contributed by atoms with Gasteiger partial charge < -0.3 is 15.0 Å². The zero-order valence-corrected chi connectivity index (χ0v) is 15.1. The Hall–Kier alpha value is -3.17. The first-order chi connectivity index (χ1) is 13.1. The van der Waals surface area contributed by atoms with Crippen molar-refractivity contribution in [2.24, 2.45) is 0 Å². The molecule has 2 aromatic rings. The average molecular weight is 394 g/mol. The van der Waals surface area contributed by atoms with Crippen molar-refractivity contribution < 1.29 is 27.5 Å². The zero-order valence-electron chi connectivity index (χ0n) is 15.1. The number of nitrogens with one attached hydrogen (secondary N) is 1. The maximum absolute atomic E-state index is 12.6. The van der Waals surface area contributed by atoms with Crippen LogP contribution < -0.4 is 10.1 Å². The maximum Gasteiger partial charge on any atom is 0.422 e. The monoisotopic (exact) mass is 394 g/mol. The van der Waals surface area contributed by atoms with Gasteiger partial charge in [0.1, 0.15) is 5.82 Å². The van der Waals surface area contributed by atoms with Gasteiger partial charge in [-0.15, -0.1) is 0 Å². The SMILES string of the molecule is CC(=O)Nc1nccc2c1CN(Cc1cnc(OCC(F)(F)F)c(C)c1)C2=O. The Morgan fingerprint density at radius 1 is 1.36 bits per heavy atom. The molecule has 0 aromatic carbocycles.